The van der Waals surface area contributed by atoms with Gasteiger partial charge in [0, 0.05) is 24.8 Å². The van der Waals surface area contributed by atoms with Crippen LogP contribution in [0.15, 0.2) is 54.6 Å². The number of carbonyl (C=O) groups is 1. The molecule has 0 unspecified atom stereocenters. The van der Waals surface area contributed by atoms with Gasteiger partial charge in [-0.3, -0.25) is 4.79 Å². The van der Waals surface area contributed by atoms with Crippen LogP contribution >= 0.6 is 12.4 Å². The van der Waals surface area contributed by atoms with Gasteiger partial charge in [0.05, 0.1) is 0 Å². The molecule has 1 aliphatic heterocycles. The van der Waals surface area contributed by atoms with Crippen molar-refractivity contribution in [2.45, 2.75) is 6.54 Å². The van der Waals surface area contributed by atoms with Crippen LogP contribution in [0.5, 0.6) is 0 Å². The highest BCUT2D eigenvalue weighted by atomic mass is 35.5. The molecule has 0 atom stereocenters. The number of hydrogen-bond donors (Lipinski definition) is 1. The Bertz CT molecular complexity index is 557. The van der Waals surface area contributed by atoms with Crippen molar-refractivity contribution in [3.05, 3.63) is 65.7 Å². The molecule has 0 saturated carbocycles. The van der Waals surface area contributed by atoms with Gasteiger partial charge in [0.2, 0.25) is 0 Å². The van der Waals surface area contributed by atoms with Crippen molar-refractivity contribution >= 4 is 23.9 Å². The molecule has 0 aromatic heterocycles. The predicted molar refractivity (Wildman–Crippen MR) is 83.7 cm³/mol. The highest BCUT2D eigenvalue weighted by Crippen LogP contribution is 2.29. The number of aliphatic hydroxyl groups is 1. The number of benzene rings is 2. The lowest BCUT2D eigenvalue weighted by Crippen LogP contribution is -2.27. The second kappa shape index (κ2) is 7.68. The number of aliphatic hydroxyl groups excluding tert-OH is 1. The molecule has 0 spiro atoms. The monoisotopic (exact) mass is 291 g/mol. The molecule has 0 aliphatic carbocycles. The minimum atomic E-state index is -0.413. The SMILES string of the molecule is CN1Cc2ccccc21.Cl.O=C(CO)c1ccccc1. The second-order valence-corrected chi connectivity index (χ2v) is 4.43. The predicted octanol–water partition coefficient (Wildman–Crippen LogP) is 2.92. The summed E-state index contributed by atoms with van der Waals surface area (Å²) in [5.74, 6) is -0.236. The van der Waals surface area contributed by atoms with Crippen LogP contribution in [0.1, 0.15) is 15.9 Å². The summed E-state index contributed by atoms with van der Waals surface area (Å²) in [6.45, 7) is 0.709. The summed E-state index contributed by atoms with van der Waals surface area (Å²) >= 11 is 0. The van der Waals surface area contributed by atoms with E-state index in [0.29, 0.717) is 5.56 Å². The summed E-state index contributed by atoms with van der Waals surface area (Å²) in [6.07, 6.45) is 0. The largest absolute Gasteiger partial charge is 0.388 e. The fraction of sp³-hybridized carbons (Fsp3) is 0.188. The van der Waals surface area contributed by atoms with Gasteiger partial charge in [0.1, 0.15) is 6.61 Å². The lowest BCUT2D eigenvalue weighted by atomic mass is 10.1. The third-order valence-electron chi connectivity index (χ3n) is 3.05. The first-order chi connectivity index (χ1) is 9.22. The van der Waals surface area contributed by atoms with Crippen LogP contribution in [0, 0.1) is 0 Å². The molecule has 0 radical (unpaired) electrons. The van der Waals surface area contributed by atoms with Gasteiger partial charge in [-0.1, -0.05) is 48.5 Å². The van der Waals surface area contributed by atoms with Crippen LogP contribution < -0.4 is 4.90 Å². The number of ketones is 1. The topological polar surface area (TPSA) is 40.5 Å². The van der Waals surface area contributed by atoms with E-state index in [1.807, 2.05) is 6.07 Å². The maximum atomic E-state index is 10.8. The van der Waals surface area contributed by atoms with Crippen LogP contribution in [0.3, 0.4) is 0 Å². The number of rotatable bonds is 2. The van der Waals surface area contributed by atoms with Crippen molar-refractivity contribution in [3.8, 4) is 0 Å². The third kappa shape index (κ3) is 3.83. The lowest BCUT2D eigenvalue weighted by molar-refractivity contribution is 0.0904. The van der Waals surface area contributed by atoms with Crippen LogP contribution in [-0.2, 0) is 6.54 Å². The van der Waals surface area contributed by atoms with E-state index < -0.39 is 6.61 Å². The number of nitrogens with zero attached hydrogens (tertiary/aromatic N) is 1. The minimum absolute atomic E-state index is 0. The Hall–Kier alpha value is -1.84. The highest BCUT2D eigenvalue weighted by Gasteiger charge is 2.15. The molecule has 0 saturated heterocycles. The summed E-state index contributed by atoms with van der Waals surface area (Å²) in [5.41, 5.74) is 3.42. The third-order valence-corrected chi connectivity index (χ3v) is 3.05. The Kier molecular flexibility index (Phi) is 6.22. The average Bonchev–Trinajstić information content (AvgIpc) is 2.47. The summed E-state index contributed by atoms with van der Waals surface area (Å²) in [5, 5.41) is 8.44. The van der Waals surface area contributed by atoms with E-state index in [1.165, 1.54) is 11.3 Å². The molecular weight excluding hydrogens is 274 g/mol. The molecule has 2 aromatic rings. The van der Waals surface area contributed by atoms with E-state index in [4.69, 9.17) is 5.11 Å². The van der Waals surface area contributed by atoms with Crippen molar-refractivity contribution in [1.82, 2.24) is 0 Å². The van der Waals surface area contributed by atoms with Gasteiger partial charge in [0.25, 0.3) is 0 Å². The van der Waals surface area contributed by atoms with Crippen molar-refractivity contribution in [2.75, 3.05) is 18.6 Å². The molecule has 1 heterocycles. The Labute approximate surface area is 125 Å². The molecule has 1 N–H and O–H groups in total. The Morgan fingerprint density at radius 3 is 2.20 bits per heavy atom. The van der Waals surface area contributed by atoms with Crippen LogP contribution in [0.2, 0.25) is 0 Å². The van der Waals surface area contributed by atoms with Gasteiger partial charge in [-0.25, -0.2) is 0 Å². The minimum Gasteiger partial charge on any atom is -0.388 e. The quantitative estimate of drug-likeness (QED) is 0.865. The van der Waals surface area contributed by atoms with Crippen molar-refractivity contribution in [1.29, 1.82) is 0 Å². The van der Waals surface area contributed by atoms with E-state index in [0.717, 1.165) is 6.54 Å². The van der Waals surface area contributed by atoms with E-state index in [9.17, 15) is 4.79 Å². The molecule has 0 fully saturated rings. The van der Waals surface area contributed by atoms with E-state index >= 15 is 0 Å². The zero-order valence-electron chi connectivity index (χ0n) is 11.3. The fourth-order valence-corrected chi connectivity index (χ4v) is 1.98. The first-order valence-electron chi connectivity index (χ1n) is 6.20. The van der Waals surface area contributed by atoms with Gasteiger partial charge in [-0.15, -0.1) is 12.4 Å². The average molecular weight is 292 g/mol. The van der Waals surface area contributed by atoms with Crippen molar-refractivity contribution in [3.63, 3.8) is 0 Å². The van der Waals surface area contributed by atoms with Crippen molar-refractivity contribution in [2.24, 2.45) is 0 Å². The number of fused-ring (bicyclic) bond motifs is 1. The Balaban J connectivity index is 0.000000191. The molecule has 0 amide bonds. The molecule has 3 nitrogen and oxygen atoms in total. The molecule has 0 bridgehead atoms. The fourth-order valence-electron chi connectivity index (χ4n) is 1.98. The molecule has 1 aliphatic rings. The van der Waals surface area contributed by atoms with E-state index in [2.05, 4.69) is 36.2 Å². The normalized spacial score (nSPS) is 11.2. The maximum absolute atomic E-state index is 10.8. The van der Waals surface area contributed by atoms with Gasteiger partial charge in [-0.05, 0) is 11.6 Å². The molecule has 2 aromatic carbocycles. The Morgan fingerprint density at radius 1 is 1.10 bits per heavy atom. The molecule has 4 heteroatoms. The van der Waals surface area contributed by atoms with E-state index in [-0.39, 0.29) is 18.2 Å². The maximum Gasteiger partial charge on any atom is 0.188 e. The number of carbonyl (C=O) groups excluding carboxylic acids is 1. The summed E-state index contributed by atoms with van der Waals surface area (Å²) in [4.78, 5) is 13.0. The summed E-state index contributed by atoms with van der Waals surface area (Å²) in [7, 11) is 2.11. The number of para-hydroxylation sites is 1. The second-order valence-electron chi connectivity index (χ2n) is 4.43. The number of anilines is 1. The number of halogens is 1. The van der Waals surface area contributed by atoms with Crippen LogP contribution in [0.4, 0.5) is 5.69 Å². The molecule has 3 rings (SSSR count). The number of hydrogen-bond acceptors (Lipinski definition) is 3. The lowest BCUT2D eigenvalue weighted by Gasteiger charge is -2.31. The van der Waals surface area contributed by atoms with E-state index in [1.54, 1.807) is 24.3 Å². The zero-order valence-corrected chi connectivity index (χ0v) is 12.1. The van der Waals surface area contributed by atoms with Crippen LogP contribution in [-0.4, -0.2) is 24.5 Å². The standard InChI is InChI=1S/C8H9N.C8H8O2.ClH/c1-9-6-7-4-2-3-5-8(7)9;9-6-8(10)7-4-2-1-3-5-7;/h2-5H,6H2,1H3;1-5,9H,6H2;1H. The van der Waals surface area contributed by atoms with Crippen molar-refractivity contribution < 1.29 is 9.90 Å². The van der Waals surface area contributed by atoms with Gasteiger partial charge < -0.3 is 10.0 Å². The molecule has 20 heavy (non-hydrogen) atoms. The smallest absolute Gasteiger partial charge is 0.188 e. The summed E-state index contributed by atoms with van der Waals surface area (Å²) < 4.78 is 0. The summed E-state index contributed by atoms with van der Waals surface area (Å²) in [6, 6.07) is 17.2. The molecular formula is C16H18ClNO2. The van der Waals surface area contributed by atoms with Gasteiger partial charge >= 0.3 is 0 Å². The van der Waals surface area contributed by atoms with Gasteiger partial charge in [0.15, 0.2) is 5.78 Å². The highest BCUT2D eigenvalue weighted by molar-refractivity contribution is 5.96. The number of Topliss-reactive ketones (excluding diaryl/α,β-unsaturated/α-hetero) is 1. The van der Waals surface area contributed by atoms with Crippen LogP contribution in [0.25, 0.3) is 0 Å². The first kappa shape index (κ1) is 16.2. The molecule has 106 valence electrons. The Morgan fingerprint density at radius 2 is 1.70 bits per heavy atom. The zero-order chi connectivity index (χ0) is 13.7. The first-order valence-corrected chi connectivity index (χ1v) is 6.20. The van der Waals surface area contributed by atoms with Gasteiger partial charge in [-0.2, -0.15) is 0 Å².